The minimum atomic E-state index is -0.833. The number of hydrogen-bond acceptors (Lipinski definition) is 5. The van der Waals surface area contributed by atoms with Gasteiger partial charge in [0.2, 0.25) is 0 Å². The number of halogens is 3. The van der Waals surface area contributed by atoms with Crippen LogP contribution >= 0.6 is 47.8 Å². The Balaban J connectivity index is 0.000000297. The van der Waals surface area contributed by atoms with E-state index >= 15 is 0 Å². The van der Waals surface area contributed by atoms with Gasteiger partial charge in [-0.3, -0.25) is 14.4 Å². The van der Waals surface area contributed by atoms with Crippen LogP contribution in [0.4, 0.5) is 0 Å². The molecule has 1 aromatic heterocycles. The van der Waals surface area contributed by atoms with E-state index in [9.17, 15) is 9.59 Å². The standard InChI is InChI=1S/C23H15Br2N.C8H7BrO.C7H6O.C2H4O2.H3N/c24-20-10-4-8-17(12-20)22-14-19(16-6-2-1-3-7-16)15-23(26-22)18-9-5-11-21(25)13-18;1-6(10)7-3-2-4-8(9)5-7;8-6-7-4-2-1-3-5-7;1-2(3)4;/h1-15H;2-5H,1H3;1-6H;1H3,(H,3,4);1H3. The summed E-state index contributed by atoms with van der Waals surface area (Å²) in [4.78, 5) is 34.7. The summed E-state index contributed by atoms with van der Waals surface area (Å²) in [6.45, 7) is 2.64. The molecule has 0 amide bonds. The average Bonchev–Trinajstić information content (AvgIpc) is 3.09. The van der Waals surface area contributed by atoms with Gasteiger partial charge in [0.25, 0.3) is 5.97 Å². The fourth-order valence-corrected chi connectivity index (χ4v) is 5.36. The van der Waals surface area contributed by atoms with Crippen LogP contribution in [-0.2, 0) is 4.79 Å². The Kier molecular flexibility index (Phi) is 17.8. The van der Waals surface area contributed by atoms with Gasteiger partial charge in [-0.25, -0.2) is 4.98 Å². The zero-order valence-corrected chi connectivity index (χ0v) is 31.7. The highest BCUT2D eigenvalue weighted by molar-refractivity contribution is 9.11. The molecule has 6 nitrogen and oxygen atoms in total. The number of carboxylic acids is 1. The van der Waals surface area contributed by atoms with Crippen LogP contribution in [0.3, 0.4) is 0 Å². The zero-order chi connectivity index (χ0) is 34.9. The van der Waals surface area contributed by atoms with Crippen molar-refractivity contribution in [2.24, 2.45) is 0 Å². The third-order valence-corrected chi connectivity index (χ3v) is 7.82. The van der Waals surface area contributed by atoms with Crippen molar-refractivity contribution in [3.05, 3.63) is 170 Å². The molecule has 49 heavy (non-hydrogen) atoms. The van der Waals surface area contributed by atoms with Gasteiger partial charge in [-0.1, -0.05) is 145 Å². The first-order chi connectivity index (χ1) is 23.0. The summed E-state index contributed by atoms with van der Waals surface area (Å²) in [5.74, 6) is -0.735. The van der Waals surface area contributed by atoms with E-state index in [1.165, 1.54) is 5.56 Å². The second kappa shape index (κ2) is 21.4. The van der Waals surface area contributed by atoms with E-state index in [-0.39, 0.29) is 11.9 Å². The number of pyridine rings is 1. The first-order valence-corrected chi connectivity index (χ1v) is 17.0. The number of ketones is 1. The van der Waals surface area contributed by atoms with Crippen molar-refractivity contribution in [1.29, 1.82) is 0 Å². The minimum absolute atomic E-state index is 0. The number of nitrogens with zero attached hydrogens (tertiary/aromatic N) is 1. The molecule has 4 N–H and O–H groups in total. The summed E-state index contributed by atoms with van der Waals surface area (Å²) in [5.41, 5.74) is 7.92. The summed E-state index contributed by atoms with van der Waals surface area (Å²) < 4.78 is 3.04. The minimum Gasteiger partial charge on any atom is -0.481 e. The molecule has 0 atom stereocenters. The van der Waals surface area contributed by atoms with Crippen LogP contribution in [0.1, 0.15) is 34.6 Å². The van der Waals surface area contributed by atoms with E-state index in [1.54, 1.807) is 25.1 Å². The molecule has 0 aliphatic rings. The van der Waals surface area contributed by atoms with Gasteiger partial charge < -0.3 is 11.3 Å². The second-order valence-electron chi connectivity index (χ2n) is 10.1. The van der Waals surface area contributed by atoms with E-state index in [0.29, 0.717) is 0 Å². The highest BCUT2D eigenvalue weighted by Crippen LogP contribution is 2.31. The Hall–Kier alpha value is -4.54. The average molecular weight is 847 g/mol. The molecule has 1 heterocycles. The Morgan fingerprint density at radius 1 is 0.551 bits per heavy atom. The molecule has 0 bridgehead atoms. The van der Waals surface area contributed by atoms with Crippen LogP contribution in [0.5, 0.6) is 0 Å². The quantitative estimate of drug-likeness (QED) is 0.132. The third-order valence-electron chi connectivity index (χ3n) is 6.34. The Bertz CT molecular complexity index is 1890. The fourth-order valence-electron chi connectivity index (χ4n) is 4.16. The molecule has 0 aliphatic heterocycles. The monoisotopic (exact) mass is 844 g/mol. The summed E-state index contributed by atoms with van der Waals surface area (Å²) in [6, 6.07) is 47.7. The topological polar surface area (TPSA) is 119 Å². The molecule has 0 unspecified atom stereocenters. The molecular weight excluding hydrogens is 812 g/mol. The lowest BCUT2D eigenvalue weighted by Gasteiger charge is -2.11. The first-order valence-electron chi connectivity index (χ1n) is 14.6. The smallest absolute Gasteiger partial charge is 0.300 e. The lowest BCUT2D eigenvalue weighted by molar-refractivity contribution is -0.134. The number of hydrogen-bond donors (Lipinski definition) is 2. The Morgan fingerprint density at radius 2 is 0.959 bits per heavy atom. The molecule has 0 fully saturated rings. The largest absolute Gasteiger partial charge is 0.481 e. The normalized spacial score (nSPS) is 9.49. The van der Waals surface area contributed by atoms with E-state index in [2.05, 4.69) is 108 Å². The van der Waals surface area contributed by atoms with Crippen molar-refractivity contribution in [2.75, 3.05) is 0 Å². The second-order valence-corrected chi connectivity index (χ2v) is 12.9. The third kappa shape index (κ3) is 14.6. The van der Waals surface area contributed by atoms with Gasteiger partial charge in [0, 0.05) is 42.6 Å². The van der Waals surface area contributed by atoms with Crippen LogP contribution in [-0.4, -0.2) is 28.1 Å². The maximum Gasteiger partial charge on any atom is 0.300 e. The fraction of sp³-hybridized carbons (Fsp3) is 0.0500. The highest BCUT2D eigenvalue weighted by atomic mass is 79.9. The molecule has 0 saturated carbocycles. The van der Waals surface area contributed by atoms with Gasteiger partial charge in [0.15, 0.2) is 5.78 Å². The zero-order valence-electron chi connectivity index (χ0n) is 26.9. The van der Waals surface area contributed by atoms with Gasteiger partial charge in [-0.05, 0) is 66.6 Å². The Morgan fingerprint density at radius 3 is 1.33 bits per heavy atom. The predicted octanol–water partition coefficient (Wildman–Crippen LogP) is 12.0. The van der Waals surface area contributed by atoms with E-state index in [4.69, 9.17) is 14.9 Å². The Labute approximate surface area is 312 Å². The van der Waals surface area contributed by atoms with E-state index in [0.717, 1.165) is 65.8 Å². The highest BCUT2D eigenvalue weighted by Gasteiger charge is 2.09. The van der Waals surface area contributed by atoms with E-state index in [1.807, 2.05) is 66.7 Å². The van der Waals surface area contributed by atoms with Crippen molar-refractivity contribution in [3.63, 3.8) is 0 Å². The summed E-state index contributed by atoms with van der Waals surface area (Å²) in [7, 11) is 0. The van der Waals surface area contributed by atoms with Crippen LogP contribution in [0.25, 0.3) is 33.6 Å². The first kappa shape index (κ1) is 40.6. The number of aliphatic carboxylic acids is 1. The van der Waals surface area contributed by atoms with Gasteiger partial charge in [-0.2, -0.15) is 0 Å². The maximum absolute atomic E-state index is 10.8. The molecule has 6 aromatic rings. The molecule has 250 valence electrons. The molecule has 9 heteroatoms. The van der Waals surface area contributed by atoms with Crippen molar-refractivity contribution in [1.82, 2.24) is 11.1 Å². The predicted molar refractivity (Wildman–Crippen MR) is 210 cm³/mol. The molecule has 0 spiro atoms. The summed E-state index contributed by atoms with van der Waals surface area (Å²) in [5, 5.41) is 7.42. The van der Waals surface area contributed by atoms with Crippen LogP contribution in [0.2, 0.25) is 0 Å². The van der Waals surface area contributed by atoms with Gasteiger partial charge in [0.1, 0.15) is 6.29 Å². The molecule has 0 aliphatic carbocycles. The van der Waals surface area contributed by atoms with Crippen molar-refractivity contribution in [2.45, 2.75) is 13.8 Å². The van der Waals surface area contributed by atoms with Crippen molar-refractivity contribution < 1.29 is 19.5 Å². The number of rotatable bonds is 5. The number of Topliss-reactive ketones (excluding diaryl/α,β-unsaturated/α-hetero) is 1. The summed E-state index contributed by atoms with van der Waals surface area (Å²) in [6.07, 6.45) is 0.833. The van der Waals surface area contributed by atoms with Crippen molar-refractivity contribution in [3.8, 4) is 33.6 Å². The molecule has 0 radical (unpaired) electrons. The lowest BCUT2D eigenvalue weighted by atomic mass is 10.00. The number of carbonyl (C=O) groups is 3. The number of aldehydes is 1. The van der Waals surface area contributed by atoms with Gasteiger partial charge >= 0.3 is 0 Å². The molecule has 0 saturated heterocycles. The number of benzene rings is 5. The number of carboxylic acid groups (broad SMARTS) is 1. The number of carbonyl (C=O) groups excluding carboxylic acids is 2. The molecular formula is C40H35Br3N2O4. The molecule has 6 rings (SSSR count). The maximum atomic E-state index is 10.8. The van der Waals surface area contributed by atoms with Crippen LogP contribution < -0.4 is 6.15 Å². The lowest BCUT2D eigenvalue weighted by Crippen LogP contribution is -1.91. The van der Waals surface area contributed by atoms with Crippen molar-refractivity contribution >= 4 is 65.8 Å². The van der Waals surface area contributed by atoms with Crippen LogP contribution in [0, 0.1) is 0 Å². The number of aromatic nitrogens is 1. The summed E-state index contributed by atoms with van der Waals surface area (Å²) >= 11 is 10.4. The SMILES string of the molecule is Brc1cccc(-c2cc(-c3ccccc3)cc(-c3cccc(Br)c3)n2)c1.CC(=O)O.CC(=O)c1cccc(Br)c1.N.O=Cc1ccccc1. The van der Waals surface area contributed by atoms with E-state index < -0.39 is 5.97 Å². The van der Waals surface area contributed by atoms with Crippen LogP contribution in [0.15, 0.2) is 159 Å². The molecule has 5 aromatic carbocycles. The van der Waals surface area contributed by atoms with Gasteiger partial charge in [-0.15, -0.1) is 0 Å². The van der Waals surface area contributed by atoms with Gasteiger partial charge in [0.05, 0.1) is 11.4 Å².